The molecule has 2 heterocycles. The molecule has 30 heavy (non-hydrogen) atoms. The van der Waals surface area contributed by atoms with Crippen molar-refractivity contribution < 1.29 is 13.5 Å². The van der Waals surface area contributed by atoms with Crippen molar-refractivity contribution in [1.82, 2.24) is 14.3 Å². The molecule has 0 amide bonds. The van der Waals surface area contributed by atoms with Gasteiger partial charge in [-0.05, 0) is 44.2 Å². The lowest BCUT2D eigenvalue weighted by atomic mass is 10.0. The third-order valence-corrected chi connectivity index (χ3v) is 4.80. The molecule has 0 spiro atoms. The van der Waals surface area contributed by atoms with Crippen LogP contribution in [0.3, 0.4) is 0 Å². The molecule has 2 aromatic carbocycles. The summed E-state index contributed by atoms with van der Waals surface area (Å²) in [6.07, 6.45) is 3.35. The zero-order valence-corrected chi connectivity index (χ0v) is 16.7. The highest BCUT2D eigenvalue weighted by Crippen LogP contribution is 2.38. The van der Waals surface area contributed by atoms with E-state index in [1.54, 1.807) is 42.3 Å². The second-order valence-corrected chi connectivity index (χ2v) is 7.36. The van der Waals surface area contributed by atoms with Gasteiger partial charge in [0.2, 0.25) is 0 Å². The Balaban J connectivity index is 1.94. The van der Waals surface area contributed by atoms with Crippen molar-refractivity contribution in [3.63, 3.8) is 0 Å². The maximum atomic E-state index is 14.2. The van der Waals surface area contributed by atoms with Gasteiger partial charge in [-0.15, -0.1) is 0 Å². The summed E-state index contributed by atoms with van der Waals surface area (Å²) in [6, 6.07) is 8.03. The summed E-state index contributed by atoms with van der Waals surface area (Å²) < 4.78 is 36.3. The van der Waals surface area contributed by atoms with Crippen LogP contribution in [0.5, 0.6) is 11.5 Å². The average molecular weight is 410 g/mol. The molecular weight excluding hydrogens is 390 g/mol. The van der Waals surface area contributed by atoms with E-state index in [-0.39, 0.29) is 17.4 Å². The quantitative estimate of drug-likeness (QED) is 0.498. The first-order valence-corrected chi connectivity index (χ1v) is 9.36. The number of benzene rings is 2. The first kappa shape index (κ1) is 19.6. The topological polar surface area (TPSA) is 75.1 Å². The van der Waals surface area contributed by atoms with Gasteiger partial charge in [-0.2, -0.15) is 5.10 Å². The summed E-state index contributed by atoms with van der Waals surface area (Å²) in [5.41, 5.74) is 7.91. The lowest BCUT2D eigenvalue weighted by Gasteiger charge is -2.14. The van der Waals surface area contributed by atoms with E-state index < -0.39 is 11.6 Å². The second-order valence-electron chi connectivity index (χ2n) is 7.36. The minimum absolute atomic E-state index is 0.0554. The molecule has 0 saturated heterocycles. The number of hydrogen-bond acceptors (Lipinski definition) is 4. The zero-order chi connectivity index (χ0) is 21.6. The number of anilines is 1. The summed E-state index contributed by atoms with van der Waals surface area (Å²) in [7, 11) is 1.64. The number of aromatic nitrogens is 3. The van der Waals surface area contributed by atoms with Crippen LogP contribution >= 0.6 is 0 Å². The molecule has 0 aliphatic carbocycles. The van der Waals surface area contributed by atoms with E-state index in [0.29, 0.717) is 33.5 Å². The fraction of sp³-hybridized carbons (Fsp3) is 0.182. The smallest absolute Gasteiger partial charge is 0.261 e. The maximum Gasteiger partial charge on any atom is 0.261 e. The normalized spacial score (nSPS) is 11.4. The van der Waals surface area contributed by atoms with Crippen molar-refractivity contribution in [2.24, 2.45) is 7.05 Å². The molecule has 0 saturated carbocycles. The Labute approximate surface area is 171 Å². The van der Waals surface area contributed by atoms with Gasteiger partial charge in [-0.25, -0.2) is 8.78 Å². The molecule has 2 aromatic heterocycles. The summed E-state index contributed by atoms with van der Waals surface area (Å²) in [5, 5.41) is 5.03. The van der Waals surface area contributed by atoms with Crippen LogP contribution in [-0.2, 0) is 7.05 Å². The Hall–Kier alpha value is -3.68. The lowest BCUT2D eigenvalue weighted by molar-refractivity contribution is 0.439. The van der Waals surface area contributed by atoms with E-state index in [0.717, 1.165) is 12.1 Å². The predicted octanol–water partition coefficient (Wildman–Crippen LogP) is 4.64. The zero-order valence-electron chi connectivity index (χ0n) is 16.7. The number of nitrogen functional groups attached to an aromatic ring is 1. The number of aryl methyl sites for hydroxylation is 1. The van der Waals surface area contributed by atoms with E-state index >= 15 is 0 Å². The van der Waals surface area contributed by atoms with Crippen LogP contribution in [-0.4, -0.2) is 14.3 Å². The Bertz CT molecular complexity index is 1320. The van der Waals surface area contributed by atoms with Crippen molar-refractivity contribution in [3.8, 4) is 22.6 Å². The molecule has 0 radical (unpaired) electrons. The molecule has 154 valence electrons. The van der Waals surface area contributed by atoms with Gasteiger partial charge < -0.3 is 15.0 Å². The van der Waals surface area contributed by atoms with Crippen LogP contribution in [0.2, 0.25) is 0 Å². The van der Waals surface area contributed by atoms with Crippen molar-refractivity contribution >= 4 is 16.6 Å². The molecule has 2 N–H and O–H groups in total. The highest BCUT2D eigenvalue weighted by atomic mass is 19.1. The molecule has 4 rings (SSSR count). The van der Waals surface area contributed by atoms with Crippen molar-refractivity contribution in [1.29, 1.82) is 0 Å². The van der Waals surface area contributed by atoms with Crippen LogP contribution in [0.25, 0.3) is 22.0 Å². The first-order chi connectivity index (χ1) is 14.2. The fourth-order valence-corrected chi connectivity index (χ4v) is 3.24. The molecule has 0 aliphatic rings. The monoisotopic (exact) mass is 410 g/mol. The van der Waals surface area contributed by atoms with Gasteiger partial charge in [-0.1, -0.05) is 0 Å². The lowest BCUT2D eigenvalue weighted by Crippen LogP contribution is -2.16. The Morgan fingerprint density at radius 2 is 1.77 bits per heavy atom. The maximum absolute atomic E-state index is 14.2. The minimum Gasteiger partial charge on any atom is -0.454 e. The van der Waals surface area contributed by atoms with E-state index in [9.17, 15) is 13.6 Å². The number of nitrogens with zero attached hydrogens (tertiary/aromatic N) is 3. The van der Waals surface area contributed by atoms with Crippen LogP contribution in [0.4, 0.5) is 14.5 Å². The molecule has 0 fully saturated rings. The summed E-state index contributed by atoms with van der Waals surface area (Å²) in [5.74, 6) is -1.35. The van der Waals surface area contributed by atoms with Crippen LogP contribution < -0.4 is 16.0 Å². The van der Waals surface area contributed by atoms with Crippen molar-refractivity contribution in [2.45, 2.75) is 19.9 Å². The number of nitrogens with two attached hydrogens (primary N) is 1. The number of fused-ring (bicyclic) bond motifs is 1. The molecular formula is C22H20F2N4O2. The highest BCUT2D eigenvalue weighted by Gasteiger charge is 2.19. The number of rotatable bonds is 4. The van der Waals surface area contributed by atoms with Gasteiger partial charge in [-0.3, -0.25) is 9.48 Å². The Kier molecular flexibility index (Phi) is 4.77. The van der Waals surface area contributed by atoms with Crippen molar-refractivity contribution in [2.75, 3.05) is 5.73 Å². The molecule has 0 bridgehead atoms. The summed E-state index contributed by atoms with van der Waals surface area (Å²) in [6.45, 7) is 3.92. The third kappa shape index (κ3) is 3.41. The van der Waals surface area contributed by atoms with Gasteiger partial charge >= 0.3 is 0 Å². The summed E-state index contributed by atoms with van der Waals surface area (Å²) >= 11 is 0. The van der Waals surface area contributed by atoms with Crippen LogP contribution in [0.15, 0.2) is 53.6 Å². The number of ether oxygens (including phenoxy) is 1. The van der Waals surface area contributed by atoms with Gasteiger partial charge in [0.25, 0.3) is 5.56 Å². The van der Waals surface area contributed by atoms with Crippen LogP contribution in [0.1, 0.15) is 19.9 Å². The minimum atomic E-state index is -0.826. The molecule has 0 unspecified atom stereocenters. The molecule has 4 aromatic rings. The molecule has 0 aliphatic heterocycles. The van der Waals surface area contributed by atoms with Gasteiger partial charge in [0.15, 0.2) is 11.6 Å². The second kappa shape index (κ2) is 7.29. The Morgan fingerprint density at radius 3 is 2.47 bits per heavy atom. The van der Waals surface area contributed by atoms with E-state index in [2.05, 4.69) is 5.10 Å². The fourth-order valence-electron chi connectivity index (χ4n) is 3.24. The highest BCUT2D eigenvalue weighted by molar-refractivity contribution is 5.94. The first-order valence-electron chi connectivity index (χ1n) is 9.36. The average Bonchev–Trinajstić information content (AvgIpc) is 3.14. The number of hydrogen-bond donors (Lipinski definition) is 1. The van der Waals surface area contributed by atoms with Gasteiger partial charge in [0, 0.05) is 48.4 Å². The predicted molar refractivity (Wildman–Crippen MR) is 112 cm³/mol. The van der Waals surface area contributed by atoms with Crippen LogP contribution in [0, 0.1) is 11.6 Å². The SMILES string of the molecule is CC(C)n1cc2c(=O)n(C)cc(-c3cc(N)ccc3Oc3ccc(F)cc3F)c2n1. The Morgan fingerprint density at radius 1 is 1.03 bits per heavy atom. The standard InChI is InChI=1S/C22H20F2N4O2/c1-12(2)28-11-17-21(26-28)16(10-27(3)22(17)29)15-9-14(25)5-7-19(15)30-20-6-4-13(23)8-18(20)24/h4-12H,25H2,1-3H3. The van der Waals surface area contributed by atoms with E-state index in [4.69, 9.17) is 10.5 Å². The third-order valence-electron chi connectivity index (χ3n) is 4.80. The molecule has 8 heteroatoms. The molecule has 0 atom stereocenters. The number of halogens is 2. The number of pyridine rings is 1. The van der Waals surface area contributed by atoms with Gasteiger partial charge in [0.05, 0.1) is 5.39 Å². The van der Waals surface area contributed by atoms with Gasteiger partial charge in [0.1, 0.15) is 17.1 Å². The summed E-state index contributed by atoms with van der Waals surface area (Å²) in [4.78, 5) is 12.6. The molecule has 6 nitrogen and oxygen atoms in total. The van der Waals surface area contributed by atoms with E-state index in [1.165, 1.54) is 10.6 Å². The van der Waals surface area contributed by atoms with Crippen molar-refractivity contribution in [3.05, 3.63) is 70.8 Å². The van der Waals surface area contributed by atoms with E-state index in [1.807, 2.05) is 13.8 Å². The largest absolute Gasteiger partial charge is 0.454 e.